The van der Waals surface area contributed by atoms with Gasteiger partial charge in [-0.25, -0.2) is 0 Å². The van der Waals surface area contributed by atoms with E-state index in [1.807, 2.05) is 29.2 Å². The third kappa shape index (κ3) is 5.85. The highest BCUT2D eigenvalue weighted by Crippen LogP contribution is 2.20. The molecule has 160 valence electrons. The van der Waals surface area contributed by atoms with E-state index in [-0.39, 0.29) is 11.8 Å². The van der Waals surface area contributed by atoms with Gasteiger partial charge in [-0.2, -0.15) is 0 Å². The molecule has 0 aromatic heterocycles. The molecule has 0 bridgehead atoms. The molecule has 1 N–H and O–H groups in total. The van der Waals surface area contributed by atoms with E-state index in [1.54, 1.807) is 31.2 Å². The Balaban J connectivity index is 1.55. The van der Waals surface area contributed by atoms with Crippen LogP contribution < -0.4 is 10.1 Å². The van der Waals surface area contributed by atoms with Crippen LogP contribution in [0, 0.1) is 0 Å². The summed E-state index contributed by atoms with van der Waals surface area (Å²) in [5.41, 5.74) is 2.54. The number of likely N-dealkylation sites (tertiary alicyclic amines) is 1. The van der Waals surface area contributed by atoms with Crippen molar-refractivity contribution in [2.24, 2.45) is 0 Å². The summed E-state index contributed by atoms with van der Waals surface area (Å²) in [5, 5.41) is 2.86. The van der Waals surface area contributed by atoms with E-state index < -0.39 is 6.10 Å². The van der Waals surface area contributed by atoms with Crippen LogP contribution in [-0.2, 0) is 4.79 Å². The second-order valence-corrected chi connectivity index (χ2v) is 8.26. The minimum Gasteiger partial charge on any atom is -0.481 e. The zero-order chi connectivity index (χ0) is 21.5. The number of rotatable bonds is 6. The van der Waals surface area contributed by atoms with Crippen molar-refractivity contribution in [3.63, 3.8) is 0 Å². The third-order valence-corrected chi connectivity index (χ3v) is 5.52. The van der Waals surface area contributed by atoms with Crippen LogP contribution in [0.15, 0.2) is 48.5 Å². The van der Waals surface area contributed by atoms with Crippen LogP contribution in [0.5, 0.6) is 5.75 Å². The molecule has 0 radical (unpaired) electrons. The molecule has 5 nitrogen and oxygen atoms in total. The molecule has 1 heterocycles. The minimum absolute atomic E-state index is 0.0660. The molecule has 1 aliphatic heterocycles. The lowest BCUT2D eigenvalue weighted by Crippen LogP contribution is -2.32. The Morgan fingerprint density at radius 3 is 2.03 bits per heavy atom. The molecule has 0 saturated carbocycles. The Hall–Kier alpha value is -2.82. The summed E-state index contributed by atoms with van der Waals surface area (Å²) in [7, 11) is 0. The van der Waals surface area contributed by atoms with Crippen molar-refractivity contribution in [3.05, 3.63) is 59.7 Å². The van der Waals surface area contributed by atoms with E-state index in [0.717, 1.165) is 25.9 Å². The summed E-state index contributed by atoms with van der Waals surface area (Å²) < 4.78 is 5.76. The number of nitrogens with zero attached hydrogens (tertiary/aromatic N) is 1. The number of carbonyl (C=O) groups excluding carboxylic acids is 2. The van der Waals surface area contributed by atoms with Gasteiger partial charge in [0, 0.05) is 24.3 Å². The Bertz CT molecular complexity index is 836. The zero-order valence-electron chi connectivity index (χ0n) is 18.2. The maximum absolute atomic E-state index is 12.7. The lowest BCUT2D eigenvalue weighted by molar-refractivity contribution is -0.122. The summed E-state index contributed by atoms with van der Waals surface area (Å²) in [5.74, 6) is 0.959. The largest absolute Gasteiger partial charge is 0.481 e. The van der Waals surface area contributed by atoms with E-state index in [9.17, 15) is 9.59 Å². The molecule has 3 rings (SSSR count). The molecule has 5 heteroatoms. The van der Waals surface area contributed by atoms with Crippen molar-refractivity contribution >= 4 is 17.5 Å². The van der Waals surface area contributed by atoms with Gasteiger partial charge in [-0.3, -0.25) is 9.59 Å². The quantitative estimate of drug-likeness (QED) is 0.712. The first-order valence-corrected chi connectivity index (χ1v) is 10.9. The number of hydrogen-bond acceptors (Lipinski definition) is 3. The Kier molecular flexibility index (Phi) is 7.50. The van der Waals surface area contributed by atoms with Crippen LogP contribution in [0.25, 0.3) is 0 Å². The Morgan fingerprint density at radius 1 is 0.867 bits per heavy atom. The van der Waals surface area contributed by atoms with Crippen LogP contribution in [0.4, 0.5) is 5.69 Å². The number of benzene rings is 2. The van der Waals surface area contributed by atoms with Crippen LogP contribution in [0.3, 0.4) is 0 Å². The maximum Gasteiger partial charge on any atom is 0.265 e. The van der Waals surface area contributed by atoms with E-state index in [4.69, 9.17) is 4.74 Å². The first kappa shape index (κ1) is 21.9. The van der Waals surface area contributed by atoms with Gasteiger partial charge in [0.25, 0.3) is 11.8 Å². The number of anilines is 1. The van der Waals surface area contributed by atoms with Gasteiger partial charge in [0.15, 0.2) is 6.10 Å². The second kappa shape index (κ2) is 10.3. The van der Waals surface area contributed by atoms with E-state index in [1.165, 1.54) is 18.4 Å². The number of amides is 2. The van der Waals surface area contributed by atoms with Gasteiger partial charge >= 0.3 is 0 Å². The van der Waals surface area contributed by atoms with Crippen molar-refractivity contribution in [1.29, 1.82) is 0 Å². The van der Waals surface area contributed by atoms with E-state index in [2.05, 4.69) is 19.2 Å². The first-order chi connectivity index (χ1) is 14.4. The molecule has 1 aliphatic rings. The van der Waals surface area contributed by atoms with Gasteiger partial charge in [0.2, 0.25) is 0 Å². The van der Waals surface area contributed by atoms with Crippen molar-refractivity contribution in [2.75, 3.05) is 18.4 Å². The van der Waals surface area contributed by atoms with E-state index >= 15 is 0 Å². The number of hydrogen-bond donors (Lipinski definition) is 1. The summed E-state index contributed by atoms with van der Waals surface area (Å²) >= 11 is 0. The van der Waals surface area contributed by atoms with Crippen LogP contribution in [0.2, 0.25) is 0 Å². The smallest absolute Gasteiger partial charge is 0.265 e. The van der Waals surface area contributed by atoms with Gasteiger partial charge in [-0.05, 0) is 67.6 Å². The molecule has 0 aliphatic carbocycles. The summed E-state index contributed by atoms with van der Waals surface area (Å²) in [4.78, 5) is 27.1. The van der Waals surface area contributed by atoms with Crippen molar-refractivity contribution < 1.29 is 14.3 Å². The Labute approximate surface area is 179 Å². The fraction of sp³-hybridized carbons (Fsp3) is 0.440. The van der Waals surface area contributed by atoms with Crippen LogP contribution in [-0.4, -0.2) is 35.9 Å². The molecule has 1 fully saturated rings. The first-order valence-electron chi connectivity index (χ1n) is 10.9. The molecule has 1 unspecified atom stereocenters. The fourth-order valence-electron chi connectivity index (χ4n) is 3.59. The standard InChI is InChI=1S/C25H32N2O3/c1-18(2)20-10-14-23(15-11-20)30-19(3)24(28)26-22-12-8-21(9-13-22)25(29)27-16-6-4-5-7-17-27/h8-15,18-19H,4-7,16-17H2,1-3H3,(H,26,28). The number of nitrogens with one attached hydrogen (secondary N) is 1. The van der Waals surface area contributed by atoms with Crippen molar-refractivity contribution in [1.82, 2.24) is 4.90 Å². The topological polar surface area (TPSA) is 58.6 Å². The van der Waals surface area contributed by atoms with Gasteiger partial charge in [0.1, 0.15) is 5.75 Å². The molecule has 2 amide bonds. The fourth-order valence-corrected chi connectivity index (χ4v) is 3.59. The van der Waals surface area contributed by atoms with Gasteiger partial charge in [-0.1, -0.05) is 38.8 Å². The zero-order valence-corrected chi connectivity index (χ0v) is 18.2. The van der Waals surface area contributed by atoms with Crippen LogP contribution >= 0.6 is 0 Å². The minimum atomic E-state index is -0.631. The molecule has 0 spiro atoms. The van der Waals surface area contributed by atoms with Gasteiger partial charge in [-0.15, -0.1) is 0 Å². The monoisotopic (exact) mass is 408 g/mol. The molecule has 30 heavy (non-hydrogen) atoms. The third-order valence-electron chi connectivity index (χ3n) is 5.52. The average molecular weight is 409 g/mol. The molecular weight excluding hydrogens is 376 g/mol. The molecule has 2 aromatic rings. The number of ether oxygens (including phenoxy) is 1. The second-order valence-electron chi connectivity index (χ2n) is 8.26. The molecule has 2 aromatic carbocycles. The predicted molar refractivity (Wildman–Crippen MR) is 120 cm³/mol. The van der Waals surface area contributed by atoms with Gasteiger partial charge < -0.3 is 15.0 Å². The lowest BCUT2D eigenvalue weighted by Gasteiger charge is -2.20. The molecule has 1 atom stereocenters. The predicted octanol–water partition coefficient (Wildman–Crippen LogP) is 5.23. The highest BCUT2D eigenvalue weighted by atomic mass is 16.5. The van der Waals surface area contributed by atoms with Gasteiger partial charge in [0.05, 0.1) is 0 Å². The summed E-state index contributed by atoms with van der Waals surface area (Å²) in [6.45, 7) is 7.65. The van der Waals surface area contributed by atoms with Crippen molar-refractivity contribution in [2.45, 2.75) is 58.5 Å². The molecule has 1 saturated heterocycles. The average Bonchev–Trinajstić information content (AvgIpc) is 3.03. The van der Waals surface area contributed by atoms with Crippen molar-refractivity contribution in [3.8, 4) is 5.75 Å². The number of carbonyl (C=O) groups is 2. The Morgan fingerprint density at radius 2 is 1.47 bits per heavy atom. The van der Waals surface area contributed by atoms with E-state index in [0.29, 0.717) is 22.9 Å². The summed E-state index contributed by atoms with van der Waals surface area (Å²) in [6, 6.07) is 14.9. The highest BCUT2D eigenvalue weighted by Gasteiger charge is 2.18. The highest BCUT2D eigenvalue weighted by molar-refractivity contribution is 5.96. The normalized spacial score (nSPS) is 15.4. The lowest BCUT2D eigenvalue weighted by atomic mass is 10.0. The SMILES string of the molecule is CC(Oc1ccc(C(C)C)cc1)C(=O)Nc1ccc(C(=O)N2CCCCCC2)cc1. The summed E-state index contributed by atoms with van der Waals surface area (Å²) in [6.07, 6.45) is 3.89. The van der Waals surface area contributed by atoms with Crippen LogP contribution in [0.1, 0.15) is 68.3 Å². The maximum atomic E-state index is 12.7. The molecular formula is C25H32N2O3.